The summed E-state index contributed by atoms with van der Waals surface area (Å²) in [7, 11) is 0. The number of hydrogen-bond acceptors (Lipinski definition) is 3. The van der Waals surface area contributed by atoms with E-state index in [0.717, 1.165) is 12.8 Å². The van der Waals surface area contributed by atoms with Crippen molar-refractivity contribution < 1.29 is 14.3 Å². The molecular weight excluding hydrogens is 156 g/mol. The molecule has 1 aliphatic carbocycles. The molecule has 3 nitrogen and oxygen atoms in total. The normalized spacial score (nSPS) is 30.6. The molecule has 0 aromatic rings. The highest BCUT2D eigenvalue weighted by Crippen LogP contribution is 2.50. The van der Waals surface area contributed by atoms with E-state index >= 15 is 0 Å². The Morgan fingerprint density at radius 3 is 2.83 bits per heavy atom. The highest BCUT2D eigenvalue weighted by atomic mass is 16.7. The minimum atomic E-state index is -0.236. The lowest BCUT2D eigenvalue weighted by atomic mass is 10.0. The maximum Gasteiger partial charge on any atom is 0.338 e. The molecule has 0 unspecified atom stereocenters. The summed E-state index contributed by atoms with van der Waals surface area (Å²) in [5, 5.41) is 0. The summed E-state index contributed by atoms with van der Waals surface area (Å²) in [5.74, 6) is -0.167. The third kappa shape index (κ3) is 1.12. The van der Waals surface area contributed by atoms with Gasteiger partial charge in [-0.1, -0.05) is 12.8 Å². The summed E-state index contributed by atoms with van der Waals surface area (Å²) in [6.07, 6.45) is 4.22. The monoisotopic (exact) mass is 170 g/mol. The molecule has 2 fully saturated rings. The number of rotatable bonds is 2. The largest absolute Gasteiger partial charge is 0.464 e. The number of epoxide rings is 1. The van der Waals surface area contributed by atoms with Crippen molar-refractivity contribution in [1.82, 2.24) is 0 Å². The van der Waals surface area contributed by atoms with E-state index in [9.17, 15) is 4.79 Å². The minimum absolute atomic E-state index is 0.0910. The molecular formula is C9H14O3. The summed E-state index contributed by atoms with van der Waals surface area (Å²) in [6.45, 7) is 2.27. The van der Waals surface area contributed by atoms with Gasteiger partial charge in [0.2, 0.25) is 0 Å². The van der Waals surface area contributed by atoms with E-state index in [4.69, 9.17) is 9.47 Å². The fourth-order valence-corrected chi connectivity index (χ4v) is 2.04. The molecule has 1 spiro atoms. The van der Waals surface area contributed by atoms with Crippen LogP contribution < -0.4 is 0 Å². The van der Waals surface area contributed by atoms with Crippen molar-refractivity contribution >= 4 is 5.97 Å². The number of ether oxygens (including phenoxy) is 2. The maximum absolute atomic E-state index is 11.2. The molecule has 1 atom stereocenters. The van der Waals surface area contributed by atoms with Gasteiger partial charge in [0, 0.05) is 0 Å². The summed E-state index contributed by atoms with van der Waals surface area (Å²) < 4.78 is 10.3. The number of hydrogen-bond donors (Lipinski definition) is 0. The van der Waals surface area contributed by atoms with Gasteiger partial charge in [-0.25, -0.2) is 4.79 Å². The van der Waals surface area contributed by atoms with Gasteiger partial charge >= 0.3 is 5.97 Å². The predicted molar refractivity (Wildman–Crippen MR) is 42.7 cm³/mol. The van der Waals surface area contributed by atoms with Crippen LogP contribution in [-0.4, -0.2) is 24.3 Å². The van der Waals surface area contributed by atoms with Crippen molar-refractivity contribution in [3.05, 3.63) is 0 Å². The first-order valence-corrected chi connectivity index (χ1v) is 4.63. The summed E-state index contributed by atoms with van der Waals surface area (Å²) in [4.78, 5) is 11.2. The second-order valence-corrected chi connectivity index (χ2v) is 3.52. The number of esters is 1. The fraction of sp³-hybridized carbons (Fsp3) is 0.889. The van der Waals surface area contributed by atoms with Crippen molar-refractivity contribution in [2.45, 2.75) is 44.3 Å². The Hall–Kier alpha value is -0.570. The van der Waals surface area contributed by atoms with Crippen molar-refractivity contribution in [3.63, 3.8) is 0 Å². The first-order chi connectivity index (χ1) is 5.78. The number of carbonyl (C=O) groups excluding carboxylic acids is 1. The molecule has 0 amide bonds. The van der Waals surface area contributed by atoms with E-state index < -0.39 is 0 Å². The SMILES string of the molecule is CCOC(=O)[C@@H]1OC12CCCC2. The molecule has 1 saturated carbocycles. The Balaban J connectivity index is 1.89. The average Bonchev–Trinajstić information content (AvgIpc) is 2.51. The van der Waals surface area contributed by atoms with Crippen LogP contribution in [0.25, 0.3) is 0 Å². The van der Waals surface area contributed by atoms with Gasteiger partial charge in [0.15, 0.2) is 6.10 Å². The van der Waals surface area contributed by atoms with Crippen LogP contribution in [0, 0.1) is 0 Å². The van der Waals surface area contributed by atoms with Crippen molar-refractivity contribution in [3.8, 4) is 0 Å². The first-order valence-electron chi connectivity index (χ1n) is 4.63. The van der Waals surface area contributed by atoms with Crippen LogP contribution >= 0.6 is 0 Å². The van der Waals surface area contributed by atoms with E-state index in [0.29, 0.717) is 6.61 Å². The lowest BCUT2D eigenvalue weighted by Gasteiger charge is -2.00. The Bertz CT molecular complexity index is 194. The third-order valence-corrected chi connectivity index (χ3v) is 2.72. The van der Waals surface area contributed by atoms with E-state index in [1.165, 1.54) is 12.8 Å². The molecule has 2 aliphatic rings. The van der Waals surface area contributed by atoms with Gasteiger partial charge in [-0.05, 0) is 19.8 Å². The van der Waals surface area contributed by atoms with Crippen LogP contribution in [-0.2, 0) is 14.3 Å². The van der Waals surface area contributed by atoms with Crippen LogP contribution in [0.1, 0.15) is 32.6 Å². The first kappa shape index (κ1) is 8.05. The van der Waals surface area contributed by atoms with Gasteiger partial charge in [-0.15, -0.1) is 0 Å². The molecule has 3 heteroatoms. The van der Waals surface area contributed by atoms with Gasteiger partial charge in [-0.2, -0.15) is 0 Å². The smallest absolute Gasteiger partial charge is 0.338 e. The third-order valence-electron chi connectivity index (χ3n) is 2.72. The zero-order valence-electron chi connectivity index (χ0n) is 7.34. The fourth-order valence-electron chi connectivity index (χ4n) is 2.04. The van der Waals surface area contributed by atoms with Crippen LogP contribution in [0.2, 0.25) is 0 Å². The molecule has 1 heterocycles. The van der Waals surface area contributed by atoms with Crippen molar-refractivity contribution in [2.24, 2.45) is 0 Å². The molecule has 0 bridgehead atoms. The van der Waals surface area contributed by atoms with Gasteiger partial charge in [0.25, 0.3) is 0 Å². The predicted octanol–water partition coefficient (Wildman–Crippen LogP) is 1.26. The Labute approximate surface area is 72.0 Å². The summed E-state index contributed by atoms with van der Waals surface area (Å²) in [5.41, 5.74) is -0.0910. The molecule has 0 N–H and O–H groups in total. The van der Waals surface area contributed by atoms with E-state index in [2.05, 4.69) is 0 Å². The quantitative estimate of drug-likeness (QED) is 0.462. The molecule has 1 saturated heterocycles. The molecule has 12 heavy (non-hydrogen) atoms. The van der Waals surface area contributed by atoms with Crippen LogP contribution in [0.5, 0.6) is 0 Å². The van der Waals surface area contributed by atoms with Crippen LogP contribution in [0.15, 0.2) is 0 Å². The average molecular weight is 170 g/mol. The Morgan fingerprint density at radius 1 is 1.58 bits per heavy atom. The van der Waals surface area contributed by atoms with E-state index in [1.807, 2.05) is 6.92 Å². The second kappa shape index (κ2) is 2.73. The topological polar surface area (TPSA) is 38.8 Å². The minimum Gasteiger partial charge on any atom is -0.464 e. The van der Waals surface area contributed by atoms with Gasteiger partial charge < -0.3 is 9.47 Å². The highest BCUT2D eigenvalue weighted by molar-refractivity contribution is 5.79. The van der Waals surface area contributed by atoms with E-state index in [1.54, 1.807) is 0 Å². The lowest BCUT2D eigenvalue weighted by molar-refractivity contribution is -0.144. The Kier molecular flexibility index (Phi) is 1.83. The molecule has 1 aliphatic heterocycles. The summed E-state index contributed by atoms with van der Waals surface area (Å²) >= 11 is 0. The van der Waals surface area contributed by atoms with E-state index in [-0.39, 0.29) is 17.7 Å². The van der Waals surface area contributed by atoms with Crippen molar-refractivity contribution in [2.75, 3.05) is 6.61 Å². The zero-order valence-corrected chi connectivity index (χ0v) is 7.34. The Morgan fingerprint density at radius 2 is 2.25 bits per heavy atom. The summed E-state index contributed by atoms with van der Waals surface area (Å²) in [6, 6.07) is 0. The standard InChI is InChI=1S/C9H14O3/c1-2-11-8(10)7-9(12-7)5-3-4-6-9/h7H,2-6H2,1H3/t7-/m0/s1. The van der Waals surface area contributed by atoms with Gasteiger partial charge in [0.05, 0.1) is 6.61 Å². The van der Waals surface area contributed by atoms with Crippen LogP contribution in [0.3, 0.4) is 0 Å². The molecule has 2 rings (SSSR count). The molecule has 0 aromatic carbocycles. The molecule has 68 valence electrons. The number of carbonyl (C=O) groups is 1. The maximum atomic E-state index is 11.2. The zero-order chi connectivity index (χ0) is 8.60. The molecule has 0 aromatic heterocycles. The van der Waals surface area contributed by atoms with Gasteiger partial charge in [-0.3, -0.25) is 0 Å². The van der Waals surface area contributed by atoms with Crippen molar-refractivity contribution in [1.29, 1.82) is 0 Å². The van der Waals surface area contributed by atoms with Crippen LogP contribution in [0.4, 0.5) is 0 Å². The molecule has 0 radical (unpaired) electrons. The lowest BCUT2D eigenvalue weighted by Crippen LogP contribution is -2.19. The highest BCUT2D eigenvalue weighted by Gasteiger charge is 2.62. The second-order valence-electron chi connectivity index (χ2n) is 3.52. The van der Waals surface area contributed by atoms with Gasteiger partial charge in [0.1, 0.15) is 5.60 Å².